The fraction of sp³-hybridized carbons (Fsp3) is 0.250. The molecule has 1 aliphatic carbocycles. The molecule has 0 saturated heterocycles. The number of aromatic nitrogens is 2. The Kier molecular flexibility index (Phi) is 5.44. The topological polar surface area (TPSA) is 68.9 Å². The smallest absolute Gasteiger partial charge is 0.153 e. The lowest BCUT2D eigenvalue weighted by molar-refractivity contribution is 0.112. The molecule has 0 bridgehead atoms. The summed E-state index contributed by atoms with van der Waals surface area (Å²) in [5, 5.41) is 2.06. The van der Waals surface area contributed by atoms with Crippen LogP contribution in [-0.4, -0.2) is 16.3 Å². The lowest BCUT2D eigenvalue weighted by Gasteiger charge is -2.24. The third-order valence-corrected chi connectivity index (χ3v) is 6.45. The Balaban J connectivity index is 1.81. The van der Waals surface area contributed by atoms with Gasteiger partial charge in [-0.05, 0) is 66.5 Å². The van der Waals surface area contributed by atoms with E-state index < -0.39 is 0 Å². The molecule has 0 amide bonds. The number of fused-ring (bicyclic) bond motifs is 4. The molecule has 1 aliphatic rings. The van der Waals surface area contributed by atoms with Crippen LogP contribution in [0.4, 0.5) is 5.82 Å². The van der Waals surface area contributed by atoms with Crippen LogP contribution in [0.1, 0.15) is 65.3 Å². The molecular weight excluding hydrogens is 394 g/mol. The van der Waals surface area contributed by atoms with Gasteiger partial charge in [0.25, 0.3) is 0 Å². The zero-order valence-electron chi connectivity index (χ0n) is 18.4. The third-order valence-electron chi connectivity index (χ3n) is 6.45. The van der Waals surface area contributed by atoms with Gasteiger partial charge in [0, 0.05) is 10.8 Å². The number of hydrogen-bond donors (Lipinski definition) is 1. The predicted octanol–water partition coefficient (Wildman–Crippen LogP) is 6.40. The molecule has 2 aromatic carbocycles. The number of rotatable bonds is 5. The number of pyridine rings is 2. The average molecular weight is 422 g/mol. The Bertz CT molecular complexity index is 1360. The predicted molar refractivity (Wildman–Crippen MR) is 133 cm³/mol. The van der Waals surface area contributed by atoms with Gasteiger partial charge < -0.3 is 5.73 Å². The Morgan fingerprint density at radius 1 is 1.03 bits per heavy atom. The van der Waals surface area contributed by atoms with Crippen molar-refractivity contribution in [2.75, 3.05) is 5.73 Å². The van der Waals surface area contributed by atoms with E-state index in [2.05, 4.69) is 48.3 Å². The number of hydrogen-bond acceptors (Lipinski definition) is 4. The van der Waals surface area contributed by atoms with Crippen LogP contribution in [0.3, 0.4) is 0 Å². The molecule has 160 valence electrons. The van der Waals surface area contributed by atoms with Gasteiger partial charge in [-0.3, -0.25) is 4.79 Å². The molecular formula is C28H27N3O. The van der Waals surface area contributed by atoms with E-state index in [1.54, 1.807) is 0 Å². The average Bonchev–Trinajstić information content (AvgIpc) is 2.82. The molecule has 0 atom stereocenters. The molecule has 4 nitrogen and oxygen atoms in total. The van der Waals surface area contributed by atoms with Crippen LogP contribution in [0.2, 0.25) is 0 Å². The van der Waals surface area contributed by atoms with Crippen molar-refractivity contribution in [1.82, 2.24) is 9.97 Å². The van der Waals surface area contributed by atoms with E-state index in [1.165, 1.54) is 22.3 Å². The summed E-state index contributed by atoms with van der Waals surface area (Å²) >= 11 is 0. The number of nitrogens with zero attached hydrogens (tertiary/aromatic N) is 2. The molecule has 4 heteroatoms. The number of anilines is 1. The van der Waals surface area contributed by atoms with Crippen LogP contribution >= 0.6 is 0 Å². The molecule has 0 spiro atoms. The maximum atomic E-state index is 11.4. The molecule has 5 rings (SSSR count). The maximum Gasteiger partial charge on any atom is 0.153 e. The molecule has 2 heterocycles. The minimum absolute atomic E-state index is 0.259. The van der Waals surface area contributed by atoms with E-state index in [-0.39, 0.29) is 5.82 Å². The van der Waals surface area contributed by atoms with Crippen molar-refractivity contribution in [2.24, 2.45) is 0 Å². The van der Waals surface area contributed by atoms with Crippen molar-refractivity contribution in [2.45, 2.75) is 45.4 Å². The van der Waals surface area contributed by atoms with Gasteiger partial charge in [0.15, 0.2) is 6.29 Å². The number of nitrogen functional groups attached to an aromatic ring is 1. The summed E-state index contributed by atoms with van der Waals surface area (Å²) in [6.45, 7) is 2.23. The number of carbonyl (C=O) groups excluding carboxylic acids is 1. The first-order chi connectivity index (χ1) is 15.7. The second kappa shape index (κ2) is 8.54. The standard InChI is InChI=1S/C28H27N3O/c1-2-3-11-22-23-12-7-10-19(15-18-8-5-4-6-9-18)25(23)30-27-24(22)14-13-20-16-21(17-32)28(29)31-26(20)27/h4-6,8-9,13-17H,2-3,7,10-12H2,1H3,(H2,29,31)/b19-15+. The molecule has 0 radical (unpaired) electrons. The molecule has 32 heavy (non-hydrogen) atoms. The monoisotopic (exact) mass is 421 g/mol. The molecule has 0 saturated carbocycles. The summed E-state index contributed by atoms with van der Waals surface area (Å²) in [7, 11) is 0. The number of nitrogens with two attached hydrogens (primary N) is 1. The number of benzene rings is 2. The zero-order valence-corrected chi connectivity index (χ0v) is 18.4. The summed E-state index contributed by atoms with van der Waals surface area (Å²) in [4.78, 5) is 21.2. The van der Waals surface area contributed by atoms with Gasteiger partial charge in [-0.1, -0.05) is 55.8 Å². The highest BCUT2D eigenvalue weighted by Gasteiger charge is 2.22. The number of aldehydes is 1. The van der Waals surface area contributed by atoms with Gasteiger partial charge in [0.2, 0.25) is 0 Å². The summed E-state index contributed by atoms with van der Waals surface area (Å²) in [6, 6.07) is 16.5. The fourth-order valence-corrected chi connectivity index (χ4v) is 4.83. The van der Waals surface area contributed by atoms with Crippen molar-refractivity contribution in [3.8, 4) is 0 Å². The summed E-state index contributed by atoms with van der Waals surface area (Å²) < 4.78 is 0. The Morgan fingerprint density at radius 2 is 1.88 bits per heavy atom. The van der Waals surface area contributed by atoms with Gasteiger partial charge in [-0.15, -0.1) is 0 Å². The molecule has 0 unspecified atom stereocenters. The van der Waals surface area contributed by atoms with Crippen molar-refractivity contribution < 1.29 is 4.79 Å². The van der Waals surface area contributed by atoms with Crippen molar-refractivity contribution >= 4 is 45.6 Å². The third kappa shape index (κ3) is 3.56. The quantitative estimate of drug-likeness (QED) is 0.299. The second-order valence-corrected chi connectivity index (χ2v) is 8.57. The molecule has 2 aromatic heterocycles. The fourth-order valence-electron chi connectivity index (χ4n) is 4.83. The van der Waals surface area contributed by atoms with Crippen molar-refractivity contribution in [3.63, 3.8) is 0 Å². The van der Waals surface area contributed by atoms with Gasteiger partial charge in [-0.2, -0.15) is 0 Å². The van der Waals surface area contributed by atoms with Gasteiger partial charge in [0.05, 0.1) is 22.3 Å². The SMILES string of the molecule is CCCCc1c2c(nc3c1ccc1cc(C=O)c(N)nc13)/C(=C/c1ccccc1)CCC2. The Hall–Kier alpha value is -3.53. The largest absolute Gasteiger partial charge is 0.383 e. The van der Waals surface area contributed by atoms with Gasteiger partial charge in [-0.25, -0.2) is 9.97 Å². The number of carbonyl (C=O) groups is 1. The first kappa shape index (κ1) is 20.4. The van der Waals surface area contributed by atoms with Crippen LogP contribution in [0.5, 0.6) is 0 Å². The Labute approximate surface area is 188 Å². The van der Waals surface area contributed by atoms with E-state index in [0.717, 1.165) is 72.3 Å². The highest BCUT2D eigenvalue weighted by molar-refractivity contribution is 6.07. The summed E-state index contributed by atoms with van der Waals surface area (Å²) in [5.41, 5.74) is 14.5. The summed E-state index contributed by atoms with van der Waals surface area (Å²) in [6.07, 6.45) is 9.57. The lowest BCUT2D eigenvalue weighted by atomic mass is 9.84. The molecule has 2 N–H and O–H groups in total. The first-order valence-corrected chi connectivity index (χ1v) is 11.5. The van der Waals surface area contributed by atoms with Gasteiger partial charge in [0.1, 0.15) is 5.82 Å². The van der Waals surface area contributed by atoms with E-state index in [9.17, 15) is 4.79 Å². The Morgan fingerprint density at radius 3 is 2.66 bits per heavy atom. The molecule has 4 aromatic rings. The van der Waals surface area contributed by atoms with E-state index >= 15 is 0 Å². The zero-order chi connectivity index (χ0) is 22.1. The normalized spacial score (nSPS) is 14.7. The van der Waals surface area contributed by atoms with Crippen molar-refractivity contribution in [1.29, 1.82) is 0 Å². The maximum absolute atomic E-state index is 11.4. The van der Waals surface area contributed by atoms with Crippen LogP contribution < -0.4 is 5.73 Å². The first-order valence-electron chi connectivity index (χ1n) is 11.5. The second-order valence-electron chi connectivity index (χ2n) is 8.57. The van der Waals surface area contributed by atoms with Crippen LogP contribution in [0.15, 0.2) is 48.5 Å². The number of aryl methyl sites for hydroxylation is 1. The van der Waals surface area contributed by atoms with Crippen molar-refractivity contribution in [3.05, 3.63) is 76.5 Å². The minimum Gasteiger partial charge on any atom is -0.383 e. The number of allylic oxidation sites excluding steroid dienone is 1. The highest BCUT2D eigenvalue weighted by Crippen LogP contribution is 2.38. The summed E-state index contributed by atoms with van der Waals surface area (Å²) in [5.74, 6) is 0.259. The lowest BCUT2D eigenvalue weighted by Crippen LogP contribution is -2.10. The number of unbranched alkanes of at least 4 members (excludes halogenated alkanes) is 1. The molecule has 0 aliphatic heterocycles. The van der Waals surface area contributed by atoms with Crippen LogP contribution in [-0.2, 0) is 12.8 Å². The van der Waals surface area contributed by atoms with Crippen LogP contribution in [0.25, 0.3) is 33.5 Å². The minimum atomic E-state index is 0.259. The van der Waals surface area contributed by atoms with E-state index in [1.807, 2.05) is 18.2 Å². The van der Waals surface area contributed by atoms with E-state index in [0.29, 0.717) is 5.56 Å². The highest BCUT2D eigenvalue weighted by atomic mass is 16.1. The van der Waals surface area contributed by atoms with E-state index in [4.69, 9.17) is 10.7 Å². The van der Waals surface area contributed by atoms with Gasteiger partial charge >= 0.3 is 0 Å². The molecule has 0 fully saturated rings. The van der Waals surface area contributed by atoms with Crippen LogP contribution in [0, 0.1) is 0 Å².